The Hall–Kier alpha value is -2.15. The van der Waals surface area contributed by atoms with E-state index < -0.39 is 9.84 Å². The third-order valence-electron chi connectivity index (χ3n) is 4.40. The van der Waals surface area contributed by atoms with Gasteiger partial charge in [-0.1, -0.05) is 12.1 Å². The molecule has 0 saturated carbocycles. The zero-order valence-electron chi connectivity index (χ0n) is 14.2. The van der Waals surface area contributed by atoms with E-state index in [9.17, 15) is 8.42 Å². The molecule has 1 unspecified atom stereocenters. The lowest BCUT2D eigenvalue weighted by Crippen LogP contribution is -2.33. The van der Waals surface area contributed by atoms with Crippen LogP contribution in [0.15, 0.2) is 30.5 Å². The summed E-state index contributed by atoms with van der Waals surface area (Å²) < 4.78 is 23.4. The first-order valence-electron chi connectivity index (χ1n) is 7.95. The first kappa shape index (κ1) is 16.7. The molecular formula is C17H22N4O2S. The number of rotatable bonds is 4. The second-order valence-corrected chi connectivity index (χ2v) is 8.58. The lowest BCUT2D eigenvalue weighted by Gasteiger charge is -2.24. The molecule has 1 fully saturated rings. The molecule has 1 aliphatic rings. The average molecular weight is 346 g/mol. The molecule has 128 valence electrons. The summed E-state index contributed by atoms with van der Waals surface area (Å²) in [5, 5.41) is 3.25. The first-order chi connectivity index (χ1) is 11.3. The van der Waals surface area contributed by atoms with Crippen molar-refractivity contribution in [3.63, 3.8) is 0 Å². The summed E-state index contributed by atoms with van der Waals surface area (Å²) in [7, 11) is -1.03. The number of hydrogen-bond acceptors (Lipinski definition) is 6. The van der Waals surface area contributed by atoms with E-state index >= 15 is 0 Å². The van der Waals surface area contributed by atoms with Gasteiger partial charge in [0.15, 0.2) is 9.84 Å². The number of sulfone groups is 1. The van der Waals surface area contributed by atoms with Crippen molar-refractivity contribution in [2.75, 3.05) is 28.8 Å². The number of nitrogens with zero attached hydrogens (tertiary/aromatic N) is 3. The zero-order valence-corrected chi connectivity index (χ0v) is 15.0. The topological polar surface area (TPSA) is 75.2 Å². The monoisotopic (exact) mass is 346 g/mol. The van der Waals surface area contributed by atoms with Gasteiger partial charge in [-0.3, -0.25) is 0 Å². The summed E-state index contributed by atoms with van der Waals surface area (Å²) in [6.45, 7) is 4.07. The molecule has 1 atom stereocenters. The van der Waals surface area contributed by atoms with Crippen molar-refractivity contribution in [2.45, 2.75) is 26.3 Å². The third-order valence-corrected chi connectivity index (χ3v) is 6.15. The molecule has 0 amide bonds. The van der Waals surface area contributed by atoms with Crippen LogP contribution in [0, 0.1) is 13.8 Å². The molecule has 24 heavy (non-hydrogen) atoms. The van der Waals surface area contributed by atoms with Crippen LogP contribution in [0.1, 0.15) is 17.5 Å². The van der Waals surface area contributed by atoms with Gasteiger partial charge in [0, 0.05) is 25.0 Å². The SMILES string of the molecule is Cc1ccc(C)c(Nc2nccc(N(C)C3CCS(=O)(=O)C3)n2)c1. The van der Waals surface area contributed by atoms with Crippen molar-refractivity contribution in [1.82, 2.24) is 9.97 Å². The Morgan fingerprint density at radius 1 is 1.25 bits per heavy atom. The fourth-order valence-corrected chi connectivity index (χ4v) is 4.64. The van der Waals surface area contributed by atoms with Gasteiger partial charge < -0.3 is 10.2 Å². The van der Waals surface area contributed by atoms with E-state index in [-0.39, 0.29) is 17.5 Å². The van der Waals surface area contributed by atoms with E-state index in [1.54, 1.807) is 12.3 Å². The summed E-state index contributed by atoms with van der Waals surface area (Å²) >= 11 is 0. The summed E-state index contributed by atoms with van der Waals surface area (Å²) in [5.74, 6) is 1.67. The van der Waals surface area contributed by atoms with Crippen molar-refractivity contribution >= 4 is 27.3 Å². The predicted molar refractivity (Wildman–Crippen MR) is 96.7 cm³/mol. The molecule has 6 nitrogen and oxygen atoms in total. The second-order valence-electron chi connectivity index (χ2n) is 6.35. The predicted octanol–water partition coefficient (Wildman–Crippen LogP) is 2.46. The van der Waals surface area contributed by atoms with Crippen LogP contribution in [0.3, 0.4) is 0 Å². The van der Waals surface area contributed by atoms with Crippen LogP contribution in [0.25, 0.3) is 0 Å². The van der Waals surface area contributed by atoms with E-state index in [0.717, 1.165) is 22.6 Å². The molecule has 0 radical (unpaired) electrons. The van der Waals surface area contributed by atoms with Crippen LogP contribution in [0.5, 0.6) is 0 Å². The molecule has 7 heteroatoms. The van der Waals surface area contributed by atoms with Crippen molar-refractivity contribution in [1.29, 1.82) is 0 Å². The molecule has 0 bridgehead atoms. The fourth-order valence-electron chi connectivity index (χ4n) is 2.86. The molecule has 0 spiro atoms. The van der Waals surface area contributed by atoms with Crippen LogP contribution in [0.2, 0.25) is 0 Å². The van der Waals surface area contributed by atoms with Gasteiger partial charge in [-0.15, -0.1) is 0 Å². The minimum absolute atomic E-state index is 0.0292. The number of benzene rings is 1. The number of aromatic nitrogens is 2. The number of aryl methyl sites for hydroxylation is 2. The minimum atomic E-state index is -2.92. The summed E-state index contributed by atoms with van der Waals surface area (Å²) in [5.41, 5.74) is 3.25. The average Bonchev–Trinajstić information content (AvgIpc) is 2.90. The van der Waals surface area contributed by atoms with Crippen LogP contribution in [0.4, 0.5) is 17.5 Å². The Balaban J connectivity index is 1.80. The lowest BCUT2D eigenvalue weighted by atomic mass is 10.1. The highest BCUT2D eigenvalue weighted by Gasteiger charge is 2.31. The van der Waals surface area contributed by atoms with E-state index in [1.807, 2.05) is 25.8 Å². The van der Waals surface area contributed by atoms with Gasteiger partial charge in [0.05, 0.1) is 11.5 Å². The minimum Gasteiger partial charge on any atom is -0.355 e. The standard InChI is InChI=1S/C17H22N4O2S/c1-12-4-5-13(2)15(10-12)19-17-18-8-6-16(20-17)21(3)14-7-9-24(22,23)11-14/h4-6,8,10,14H,7,9,11H2,1-3H3,(H,18,19,20). The smallest absolute Gasteiger partial charge is 0.229 e. The van der Waals surface area contributed by atoms with Gasteiger partial charge >= 0.3 is 0 Å². The van der Waals surface area contributed by atoms with Gasteiger partial charge in [0.25, 0.3) is 0 Å². The fraction of sp³-hybridized carbons (Fsp3) is 0.412. The van der Waals surface area contributed by atoms with Crippen molar-refractivity contribution in [3.05, 3.63) is 41.6 Å². The van der Waals surface area contributed by atoms with Crippen LogP contribution < -0.4 is 10.2 Å². The van der Waals surface area contributed by atoms with Gasteiger partial charge in [-0.2, -0.15) is 4.98 Å². The largest absolute Gasteiger partial charge is 0.355 e. The zero-order chi connectivity index (χ0) is 17.3. The molecular weight excluding hydrogens is 324 g/mol. The normalized spacial score (nSPS) is 19.2. The first-order valence-corrected chi connectivity index (χ1v) is 9.77. The maximum Gasteiger partial charge on any atom is 0.229 e. The van der Waals surface area contributed by atoms with Gasteiger partial charge in [-0.05, 0) is 43.5 Å². The number of nitrogens with one attached hydrogen (secondary N) is 1. The molecule has 0 aliphatic carbocycles. The number of hydrogen-bond donors (Lipinski definition) is 1. The van der Waals surface area contributed by atoms with Crippen LogP contribution >= 0.6 is 0 Å². The highest BCUT2D eigenvalue weighted by molar-refractivity contribution is 7.91. The molecule has 1 aromatic carbocycles. The van der Waals surface area contributed by atoms with E-state index in [0.29, 0.717) is 12.4 Å². The Bertz CT molecular complexity index is 851. The Labute approximate surface area is 142 Å². The van der Waals surface area contributed by atoms with Crippen molar-refractivity contribution in [3.8, 4) is 0 Å². The van der Waals surface area contributed by atoms with Crippen LogP contribution in [-0.2, 0) is 9.84 Å². The van der Waals surface area contributed by atoms with Gasteiger partial charge in [-0.25, -0.2) is 13.4 Å². The molecule has 3 rings (SSSR count). The summed E-state index contributed by atoms with van der Waals surface area (Å²) in [6, 6.07) is 7.94. The molecule has 1 N–H and O–H groups in total. The van der Waals surface area contributed by atoms with Gasteiger partial charge in [0.1, 0.15) is 5.82 Å². The van der Waals surface area contributed by atoms with E-state index in [1.165, 1.54) is 0 Å². The Morgan fingerprint density at radius 2 is 2.04 bits per heavy atom. The molecule has 2 heterocycles. The second kappa shape index (κ2) is 6.39. The van der Waals surface area contributed by atoms with E-state index in [4.69, 9.17) is 0 Å². The highest BCUT2D eigenvalue weighted by Crippen LogP contribution is 2.24. The lowest BCUT2D eigenvalue weighted by molar-refractivity contribution is 0.600. The molecule has 1 saturated heterocycles. The summed E-state index contributed by atoms with van der Waals surface area (Å²) in [4.78, 5) is 10.7. The maximum absolute atomic E-state index is 11.7. The highest BCUT2D eigenvalue weighted by atomic mass is 32.2. The van der Waals surface area contributed by atoms with Crippen molar-refractivity contribution < 1.29 is 8.42 Å². The quantitative estimate of drug-likeness (QED) is 0.916. The Morgan fingerprint density at radius 3 is 2.75 bits per heavy atom. The number of anilines is 3. The molecule has 1 aliphatic heterocycles. The maximum atomic E-state index is 11.7. The van der Waals surface area contributed by atoms with Crippen LogP contribution in [-0.4, -0.2) is 43.0 Å². The third kappa shape index (κ3) is 3.67. The summed E-state index contributed by atoms with van der Waals surface area (Å²) in [6.07, 6.45) is 2.33. The molecule has 2 aromatic rings. The van der Waals surface area contributed by atoms with E-state index in [2.05, 4.69) is 33.5 Å². The van der Waals surface area contributed by atoms with Crippen molar-refractivity contribution in [2.24, 2.45) is 0 Å². The Kier molecular flexibility index (Phi) is 4.45. The van der Waals surface area contributed by atoms with Gasteiger partial charge in [0.2, 0.25) is 5.95 Å². The molecule has 1 aromatic heterocycles.